The molecule has 3 N–H and O–H groups in total. The molecule has 0 atom stereocenters. The van der Waals surface area contributed by atoms with E-state index in [-0.39, 0.29) is 11.6 Å². The van der Waals surface area contributed by atoms with Crippen molar-refractivity contribution in [3.8, 4) is 5.75 Å². The minimum atomic E-state index is -0.274. The van der Waals surface area contributed by atoms with Crippen molar-refractivity contribution in [2.75, 3.05) is 12.4 Å². The highest BCUT2D eigenvalue weighted by atomic mass is 16.5. The maximum absolute atomic E-state index is 12.1. The molecule has 0 spiro atoms. The summed E-state index contributed by atoms with van der Waals surface area (Å²) in [4.78, 5) is 28.6. The lowest BCUT2D eigenvalue weighted by molar-refractivity contribution is 0.102. The molecule has 6 heteroatoms. The fourth-order valence-corrected chi connectivity index (χ4v) is 2.06. The Morgan fingerprint density at radius 1 is 1.05 bits per heavy atom. The zero-order chi connectivity index (χ0) is 14.8. The normalized spacial score (nSPS) is 10.5. The average molecular weight is 283 g/mol. The lowest BCUT2D eigenvalue weighted by Crippen LogP contribution is -2.11. The summed E-state index contributed by atoms with van der Waals surface area (Å²) in [5.74, 6) is 0.466. The highest BCUT2D eigenvalue weighted by molar-refractivity contribution is 6.05. The van der Waals surface area contributed by atoms with Crippen LogP contribution < -0.4 is 15.7 Å². The monoisotopic (exact) mass is 283 g/mol. The maximum atomic E-state index is 12.1. The van der Waals surface area contributed by atoms with Crippen molar-refractivity contribution in [2.45, 2.75) is 0 Å². The van der Waals surface area contributed by atoms with E-state index in [1.54, 1.807) is 49.6 Å². The topological polar surface area (TPSA) is 87.0 Å². The van der Waals surface area contributed by atoms with Crippen molar-refractivity contribution in [1.29, 1.82) is 0 Å². The Kier molecular flexibility index (Phi) is 3.19. The van der Waals surface area contributed by atoms with Crippen LogP contribution in [0.3, 0.4) is 0 Å². The van der Waals surface area contributed by atoms with Gasteiger partial charge in [-0.15, -0.1) is 0 Å². The smallest absolute Gasteiger partial charge is 0.323 e. The van der Waals surface area contributed by atoms with Crippen LogP contribution in [0.25, 0.3) is 11.0 Å². The van der Waals surface area contributed by atoms with Crippen LogP contribution in [-0.2, 0) is 0 Å². The molecule has 6 nitrogen and oxygen atoms in total. The van der Waals surface area contributed by atoms with E-state index >= 15 is 0 Å². The van der Waals surface area contributed by atoms with Crippen LogP contribution in [0, 0.1) is 0 Å². The van der Waals surface area contributed by atoms with E-state index in [0.717, 1.165) is 0 Å². The molecule has 0 saturated heterocycles. The van der Waals surface area contributed by atoms with Gasteiger partial charge in [0.2, 0.25) is 0 Å². The van der Waals surface area contributed by atoms with Gasteiger partial charge in [-0.3, -0.25) is 4.79 Å². The quantitative estimate of drug-likeness (QED) is 0.688. The van der Waals surface area contributed by atoms with Gasteiger partial charge >= 0.3 is 5.69 Å². The summed E-state index contributed by atoms with van der Waals surface area (Å²) >= 11 is 0. The van der Waals surface area contributed by atoms with Gasteiger partial charge in [0, 0.05) is 11.3 Å². The maximum Gasteiger partial charge on any atom is 0.323 e. The summed E-state index contributed by atoms with van der Waals surface area (Å²) in [6.45, 7) is 0. The number of carbonyl (C=O) groups is 1. The molecule has 0 bridgehead atoms. The SMILES string of the molecule is COc1ccc(C(=O)Nc2ccc3[nH]c(=O)[nH]c3c2)cc1. The van der Waals surface area contributed by atoms with Gasteiger partial charge in [0.25, 0.3) is 5.91 Å². The Hall–Kier alpha value is -3.02. The standard InChI is InChI=1S/C15H13N3O3/c1-21-11-5-2-9(3-6-11)14(19)16-10-4-7-12-13(8-10)18-15(20)17-12/h2-8H,1H3,(H,16,19)(H2,17,18,20). The molecule has 0 aliphatic rings. The average Bonchev–Trinajstić information content (AvgIpc) is 2.86. The first-order valence-corrected chi connectivity index (χ1v) is 6.33. The Labute approximate surface area is 119 Å². The van der Waals surface area contributed by atoms with Crippen molar-refractivity contribution < 1.29 is 9.53 Å². The molecule has 0 aliphatic heterocycles. The van der Waals surface area contributed by atoms with Gasteiger partial charge in [-0.2, -0.15) is 0 Å². The summed E-state index contributed by atoms with van der Waals surface area (Å²) in [6, 6.07) is 12.0. The highest BCUT2D eigenvalue weighted by Gasteiger charge is 2.07. The Balaban J connectivity index is 1.82. The fraction of sp³-hybridized carbons (Fsp3) is 0.0667. The van der Waals surface area contributed by atoms with Crippen LogP contribution in [0.2, 0.25) is 0 Å². The number of nitrogens with one attached hydrogen (secondary N) is 3. The lowest BCUT2D eigenvalue weighted by Gasteiger charge is -2.06. The number of amides is 1. The lowest BCUT2D eigenvalue weighted by atomic mass is 10.2. The summed E-state index contributed by atoms with van der Waals surface area (Å²) in [6.07, 6.45) is 0. The molecule has 0 unspecified atom stereocenters. The third-order valence-corrected chi connectivity index (χ3v) is 3.13. The molecule has 2 aromatic carbocycles. The number of carbonyl (C=O) groups excluding carboxylic acids is 1. The summed E-state index contributed by atoms with van der Waals surface area (Å²) in [5.41, 5.74) is 2.20. The van der Waals surface area contributed by atoms with Crippen LogP contribution in [0.5, 0.6) is 5.75 Å². The molecular weight excluding hydrogens is 270 g/mol. The molecule has 0 fully saturated rings. The predicted molar refractivity (Wildman–Crippen MR) is 79.9 cm³/mol. The zero-order valence-corrected chi connectivity index (χ0v) is 11.3. The van der Waals surface area contributed by atoms with Crippen molar-refractivity contribution in [3.63, 3.8) is 0 Å². The minimum Gasteiger partial charge on any atom is -0.497 e. The molecule has 21 heavy (non-hydrogen) atoms. The molecule has 0 aliphatic carbocycles. The van der Waals surface area contributed by atoms with Gasteiger partial charge in [-0.05, 0) is 42.5 Å². The second-order valence-electron chi connectivity index (χ2n) is 4.52. The molecule has 0 radical (unpaired) electrons. The fourth-order valence-electron chi connectivity index (χ4n) is 2.06. The van der Waals surface area contributed by atoms with E-state index in [1.807, 2.05) is 0 Å². The molecule has 3 aromatic rings. The summed E-state index contributed by atoms with van der Waals surface area (Å²) < 4.78 is 5.05. The first kappa shape index (κ1) is 13.0. The number of hydrogen-bond donors (Lipinski definition) is 3. The van der Waals surface area contributed by atoms with E-state index in [0.29, 0.717) is 28.0 Å². The van der Waals surface area contributed by atoms with Crippen molar-refractivity contribution in [2.24, 2.45) is 0 Å². The number of hydrogen-bond acceptors (Lipinski definition) is 3. The third kappa shape index (κ3) is 2.64. The van der Waals surface area contributed by atoms with E-state index in [9.17, 15) is 9.59 Å². The molecule has 1 amide bonds. The van der Waals surface area contributed by atoms with Gasteiger partial charge in [0.05, 0.1) is 18.1 Å². The molecular formula is C15H13N3O3. The number of aromatic amines is 2. The van der Waals surface area contributed by atoms with Gasteiger partial charge in [-0.25, -0.2) is 4.79 Å². The molecule has 1 heterocycles. The van der Waals surface area contributed by atoms with E-state index in [1.165, 1.54) is 0 Å². The van der Waals surface area contributed by atoms with Crippen LogP contribution in [0.4, 0.5) is 5.69 Å². The second-order valence-corrected chi connectivity index (χ2v) is 4.52. The van der Waals surface area contributed by atoms with Crippen LogP contribution >= 0.6 is 0 Å². The second kappa shape index (κ2) is 5.16. The number of anilines is 1. The summed E-state index contributed by atoms with van der Waals surface area (Å²) in [5, 5.41) is 2.78. The van der Waals surface area contributed by atoms with Gasteiger partial charge < -0.3 is 20.0 Å². The van der Waals surface area contributed by atoms with Gasteiger partial charge in [-0.1, -0.05) is 0 Å². The number of fused-ring (bicyclic) bond motifs is 1. The summed E-state index contributed by atoms with van der Waals surface area (Å²) in [7, 11) is 1.57. The van der Waals surface area contributed by atoms with E-state index in [2.05, 4.69) is 15.3 Å². The van der Waals surface area contributed by atoms with Gasteiger partial charge in [0.15, 0.2) is 0 Å². The van der Waals surface area contributed by atoms with Crippen LogP contribution in [-0.4, -0.2) is 23.0 Å². The van der Waals surface area contributed by atoms with E-state index < -0.39 is 0 Å². The van der Waals surface area contributed by atoms with Crippen LogP contribution in [0.1, 0.15) is 10.4 Å². The van der Waals surface area contributed by atoms with Crippen molar-refractivity contribution >= 4 is 22.6 Å². The first-order chi connectivity index (χ1) is 10.2. The van der Waals surface area contributed by atoms with Crippen molar-refractivity contribution in [3.05, 3.63) is 58.5 Å². The molecule has 3 rings (SSSR count). The predicted octanol–water partition coefficient (Wildman–Crippen LogP) is 2.12. The third-order valence-electron chi connectivity index (χ3n) is 3.13. The Morgan fingerprint density at radius 3 is 2.48 bits per heavy atom. The molecule has 0 saturated carbocycles. The van der Waals surface area contributed by atoms with Crippen LogP contribution in [0.15, 0.2) is 47.3 Å². The largest absolute Gasteiger partial charge is 0.497 e. The number of methoxy groups -OCH3 is 1. The Morgan fingerprint density at radius 2 is 1.76 bits per heavy atom. The van der Waals surface area contributed by atoms with Gasteiger partial charge in [0.1, 0.15) is 5.75 Å². The molecule has 106 valence electrons. The number of imidazole rings is 1. The highest BCUT2D eigenvalue weighted by Crippen LogP contribution is 2.17. The molecule has 1 aromatic heterocycles. The Bertz CT molecular complexity index is 846. The van der Waals surface area contributed by atoms with Crippen molar-refractivity contribution in [1.82, 2.24) is 9.97 Å². The minimum absolute atomic E-state index is 0.227. The first-order valence-electron chi connectivity index (χ1n) is 6.33. The number of aromatic nitrogens is 2. The zero-order valence-electron chi connectivity index (χ0n) is 11.3. The number of benzene rings is 2. The number of rotatable bonds is 3. The number of H-pyrrole nitrogens is 2. The number of ether oxygens (including phenoxy) is 1. The van der Waals surface area contributed by atoms with E-state index in [4.69, 9.17) is 4.74 Å².